The van der Waals surface area contributed by atoms with Gasteiger partial charge in [-0.1, -0.05) is 6.92 Å². The quantitative estimate of drug-likeness (QED) is 0.606. The standard InChI is InChI=1S/C10H13N3O2/c1-7-5-8(7)6-12-9-3-2-4-11-10(9)13(14)15/h2-4,7-8,12H,5-6H2,1H3. The molecule has 0 amide bonds. The Labute approximate surface area is 87.7 Å². The van der Waals surface area contributed by atoms with E-state index >= 15 is 0 Å². The van der Waals surface area contributed by atoms with E-state index in [2.05, 4.69) is 17.2 Å². The second kappa shape index (κ2) is 3.84. The maximum atomic E-state index is 10.6. The highest BCUT2D eigenvalue weighted by atomic mass is 16.6. The lowest BCUT2D eigenvalue weighted by atomic mass is 10.3. The minimum Gasteiger partial charge on any atom is -0.378 e. The Morgan fingerprint density at radius 3 is 3.07 bits per heavy atom. The molecule has 1 heterocycles. The van der Waals surface area contributed by atoms with Crippen molar-refractivity contribution in [2.24, 2.45) is 11.8 Å². The molecule has 1 N–H and O–H groups in total. The third-order valence-electron chi connectivity index (χ3n) is 2.79. The van der Waals surface area contributed by atoms with Crippen LogP contribution in [0, 0.1) is 22.0 Å². The van der Waals surface area contributed by atoms with E-state index in [1.165, 1.54) is 12.6 Å². The molecule has 15 heavy (non-hydrogen) atoms. The minimum absolute atomic E-state index is 0.0918. The fraction of sp³-hybridized carbons (Fsp3) is 0.500. The Balaban J connectivity index is 2.03. The average molecular weight is 207 g/mol. The Hall–Kier alpha value is -1.65. The third kappa shape index (κ3) is 2.23. The van der Waals surface area contributed by atoms with E-state index in [4.69, 9.17) is 0 Å². The van der Waals surface area contributed by atoms with E-state index in [1.54, 1.807) is 12.1 Å². The van der Waals surface area contributed by atoms with Crippen molar-refractivity contribution in [2.45, 2.75) is 13.3 Å². The Morgan fingerprint density at radius 2 is 2.47 bits per heavy atom. The normalized spacial score (nSPS) is 23.5. The molecule has 5 nitrogen and oxygen atoms in total. The lowest BCUT2D eigenvalue weighted by Gasteiger charge is -2.04. The van der Waals surface area contributed by atoms with Crippen molar-refractivity contribution in [3.63, 3.8) is 0 Å². The number of pyridine rings is 1. The van der Waals surface area contributed by atoms with Crippen molar-refractivity contribution in [3.05, 3.63) is 28.4 Å². The van der Waals surface area contributed by atoms with Crippen molar-refractivity contribution >= 4 is 11.5 Å². The highest BCUT2D eigenvalue weighted by Crippen LogP contribution is 2.37. The van der Waals surface area contributed by atoms with E-state index in [0.717, 1.165) is 12.5 Å². The summed E-state index contributed by atoms with van der Waals surface area (Å²) in [6, 6.07) is 3.39. The molecule has 1 aromatic heterocycles. The Bertz CT molecular complexity index is 381. The topological polar surface area (TPSA) is 68.1 Å². The summed E-state index contributed by atoms with van der Waals surface area (Å²) in [7, 11) is 0. The summed E-state index contributed by atoms with van der Waals surface area (Å²) in [6.45, 7) is 2.98. The van der Waals surface area contributed by atoms with Gasteiger partial charge in [0.1, 0.15) is 11.9 Å². The van der Waals surface area contributed by atoms with E-state index in [-0.39, 0.29) is 5.82 Å². The zero-order valence-corrected chi connectivity index (χ0v) is 8.51. The van der Waals surface area contributed by atoms with Gasteiger partial charge in [-0.05, 0) is 40.3 Å². The van der Waals surface area contributed by atoms with Gasteiger partial charge in [-0.15, -0.1) is 0 Å². The maximum absolute atomic E-state index is 10.6. The van der Waals surface area contributed by atoms with Crippen molar-refractivity contribution in [3.8, 4) is 0 Å². The molecule has 1 aliphatic rings. The molecule has 0 aromatic carbocycles. The molecule has 1 fully saturated rings. The van der Waals surface area contributed by atoms with Crippen LogP contribution in [0.2, 0.25) is 0 Å². The summed E-state index contributed by atoms with van der Waals surface area (Å²) >= 11 is 0. The van der Waals surface area contributed by atoms with Gasteiger partial charge in [-0.2, -0.15) is 0 Å². The lowest BCUT2D eigenvalue weighted by molar-refractivity contribution is -0.388. The van der Waals surface area contributed by atoms with E-state index < -0.39 is 4.92 Å². The zero-order chi connectivity index (χ0) is 10.8. The van der Waals surface area contributed by atoms with Gasteiger partial charge in [0.15, 0.2) is 0 Å². The number of rotatable bonds is 4. The summed E-state index contributed by atoms with van der Waals surface area (Å²) in [6.07, 6.45) is 2.64. The van der Waals surface area contributed by atoms with Gasteiger partial charge < -0.3 is 15.4 Å². The molecule has 80 valence electrons. The fourth-order valence-electron chi connectivity index (χ4n) is 1.60. The highest BCUT2D eigenvalue weighted by molar-refractivity contribution is 5.56. The predicted molar refractivity (Wildman–Crippen MR) is 56.7 cm³/mol. The van der Waals surface area contributed by atoms with Crippen LogP contribution in [-0.4, -0.2) is 16.5 Å². The number of aromatic nitrogens is 1. The molecule has 2 rings (SSSR count). The molecule has 2 atom stereocenters. The SMILES string of the molecule is CC1CC1CNc1cccnc1[N+](=O)[O-]. The second-order valence-electron chi connectivity index (χ2n) is 3.99. The predicted octanol–water partition coefficient (Wildman–Crippen LogP) is 2.06. The van der Waals surface area contributed by atoms with Crippen LogP contribution in [-0.2, 0) is 0 Å². The van der Waals surface area contributed by atoms with Crippen LogP contribution in [0.1, 0.15) is 13.3 Å². The molecule has 1 aliphatic carbocycles. The number of hydrogen-bond donors (Lipinski definition) is 1. The van der Waals surface area contributed by atoms with Crippen LogP contribution < -0.4 is 5.32 Å². The summed E-state index contributed by atoms with van der Waals surface area (Å²) in [5.41, 5.74) is 0.515. The molecule has 2 unspecified atom stereocenters. The number of hydrogen-bond acceptors (Lipinski definition) is 4. The summed E-state index contributed by atoms with van der Waals surface area (Å²) in [5.74, 6) is 1.31. The van der Waals surface area contributed by atoms with Crippen molar-refractivity contribution in [2.75, 3.05) is 11.9 Å². The number of nitrogens with zero attached hydrogens (tertiary/aromatic N) is 2. The Morgan fingerprint density at radius 1 is 1.73 bits per heavy atom. The van der Waals surface area contributed by atoms with Crippen molar-refractivity contribution in [1.29, 1.82) is 0 Å². The van der Waals surface area contributed by atoms with Gasteiger partial charge in [0.25, 0.3) is 0 Å². The molecular weight excluding hydrogens is 194 g/mol. The van der Waals surface area contributed by atoms with Crippen molar-refractivity contribution < 1.29 is 4.92 Å². The fourth-order valence-corrected chi connectivity index (χ4v) is 1.60. The Kier molecular flexibility index (Phi) is 2.53. The van der Waals surface area contributed by atoms with Gasteiger partial charge >= 0.3 is 5.82 Å². The summed E-state index contributed by atoms with van der Waals surface area (Å²) < 4.78 is 0. The minimum atomic E-state index is -0.460. The van der Waals surface area contributed by atoms with Gasteiger partial charge in [-0.3, -0.25) is 0 Å². The first kappa shape index (κ1) is 9.89. The van der Waals surface area contributed by atoms with Gasteiger partial charge in [-0.25, -0.2) is 0 Å². The average Bonchev–Trinajstić information content (AvgIpc) is 2.92. The number of anilines is 1. The molecule has 1 aromatic rings. The number of nitro groups is 1. The highest BCUT2D eigenvalue weighted by Gasteiger charge is 2.32. The molecule has 5 heteroatoms. The van der Waals surface area contributed by atoms with Gasteiger partial charge in [0.05, 0.1) is 0 Å². The van der Waals surface area contributed by atoms with Gasteiger partial charge in [0, 0.05) is 6.54 Å². The summed E-state index contributed by atoms with van der Waals surface area (Å²) in [4.78, 5) is 13.9. The van der Waals surface area contributed by atoms with Crippen LogP contribution in [0.15, 0.2) is 18.3 Å². The first-order chi connectivity index (χ1) is 7.18. The third-order valence-corrected chi connectivity index (χ3v) is 2.79. The van der Waals surface area contributed by atoms with Gasteiger partial charge in [0.2, 0.25) is 0 Å². The lowest BCUT2D eigenvalue weighted by Crippen LogP contribution is -2.07. The summed E-state index contributed by atoms with van der Waals surface area (Å²) in [5, 5.41) is 13.7. The first-order valence-corrected chi connectivity index (χ1v) is 5.01. The number of nitrogens with one attached hydrogen (secondary N) is 1. The van der Waals surface area contributed by atoms with Crippen LogP contribution in [0.25, 0.3) is 0 Å². The van der Waals surface area contributed by atoms with E-state index in [1.807, 2.05) is 0 Å². The molecule has 0 radical (unpaired) electrons. The molecule has 0 spiro atoms. The maximum Gasteiger partial charge on any atom is 0.386 e. The molecule has 1 saturated carbocycles. The van der Waals surface area contributed by atoms with Crippen LogP contribution in [0.4, 0.5) is 11.5 Å². The molecule has 0 aliphatic heterocycles. The monoisotopic (exact) mass is 207 g/mol. The molecule has 0 bridgehead atoms. The molecule has 0 saturated heterocycles. The van der Waals surface area contributed by atoms with Crippen molar-refractivity contribution in [1.82, 2.24) is 4.98 Å². The van der Waals surface area contributed by atoms with E-state index in [9.17, 15) is 10.1 Å². The zero-order valence-electron chi connectivity index (χ0n) is 8.51. The molecular formula is C10H13N3O2. The first-order valence-electron chi connectivity index (χ1n) is 5.01. The van der Waals surface area contributed by atoms with Crippen LogP contribution in [0.5, 0.6) is 0 Å². The van der Waals surface area contributed by atoms with Crippen LogP contribution >= 0.6 is 0 Å². The van der Waals surface area contributed by atoms with E-state index in [0.29, 0.717) is 11.6 Å². The second-order valence-corrected chi connectivity index (χ2v) is 3.99. The smallest absolute Gasteiger partial charge is 0.378 e. The largest absolute Gasteiger partial charge is 0.386 e. The van der Waals surface area contributed by atoms with Crippen LogP contribution in [0.3, 0.4) is 0 Å².